The van der Waals surface area contributed by atoms with Crippen molar-refractivity contribution in [2.75, 3.05) is 4.90 Å². The van der Waals surface area contributed by atoms with Crippen molar-refractivity contribution in [2.45, 2.75) is 0 Å². The maximum absolute atomic E-state index is 15.7. The molecular formula is C46H30N5OP. The molecule has 0 saturated carbocycles. The van der Waals surface area contributed by atoms with E-state index in [-0.39, 0.29) is 0 Å². The van der Waals surface area contributed by atoms with Gasteiger partial charge in [-0.3, -0.25) is 9.97 Å². The van der Waals surface area contributed by atoms with Gasteiger partial charge in [-0.1, -0.05) is 91.0 Å². The fourth-order valence-electron chi connectivity index (χ4n) is 8.45. The number of pyridine rings is 2. The van der Waals surface area contributed by atoms with Gasteiger partial charge in [-0.15, -0.1) is 0 Å². The number of para-hydroxylation sites is 4. The summed E-state index contributed by atoms with van der Waals surface area (Å²) in [6.07, 6.45) is 7.62. The van der Waals surface area contributed by atoms with Crippen molar-refractivity contribution in [3.8, 4) is 11.4 Å². The van der Waals surface area contributed by atoms with Crippen LogP contribution in [0.3, 0.4) is 0 Å². The number of hydrogen-bond acceptors (Lipinski definition) is 4. The van der Waals surface area contributed by atoms with Crippen LogP contribution in [-0.4, -0.2) is 19.1 Å². The predicted octanol–water partition coefficient (Wildman–Crippen LogP) is 10.1. The molecule has 0 spiro atoms. The smallest absolute Gasteiger partial charge is 0.175 e. The molecule has 6 nitrogen and oxygen atoms in total. The molecule has 7 heteroatoms. The Morgan fingerprint density at radius 3 is 1.40 bits per heavy atom. The third-order valence-electron chi connectivity index (χ3n) is 10.7. The molecule has 0 unspecified atom stereocenters. The lowest BCUT2D eigenvalue weighted by Gasteiger charge is -2.38. The Labute approximate surface area is 305 Å². The molecule has 0 atom stereocenters. The zero-order chi connectivity index (χ0) is 35.1. The van der Waals surface area contributed by atoms with Crippen molar-refractivity contribution in [1.82, 2.24) is 19.1 Å². The molecule has 4 aromatic heterocycles. The standard InChI is InChI=1S/C46H30N5OP/c52-53(34-12-2-1-3-13-34)45-20-10-8-18-41(45)51(42-19-9-11-21-46(42)53)33-27-31(49-39-16-6-4-14-35(39)37-22-24-47-29-43(37)49)26-32(28-33)50-40-17-7-5-15-36(40)38-23-25-48-30-44(38)50/h1-30H. The molecule has 250 valence electrons. The quantitative estimate of drug-likeness (QED) is 0.172. The van der Waals surface area contributed by atoms with Gasteiger partial charge in [-0.2, -0.15) is 0 Å². The highest BCUT2D eigenvalue weighted by Crippen LogP contribution is 2.54. The first-order valence-electron chi connectivity index (χ1n) is 17.7. The van der Waals surface area contributed by atoms with Gasteiger partial charge in [-0.05, 0) is 66.7 Å². The van der Waals surface area contributed by atoms with Crippen LogP contribution in [0.2, 0.25) is 0 Å². The van der Waals surface area contributed by atoms with Gasteiger partial charge in [-0.25, -0.2) is 0 Å². The third-order valence-corrected chi connectivity index (χ3v) is 13.8. The number of rotatable bonds is 4. The number of aromatic nitrogens is 4. The van der Waals surface area contributed by atoms with Gasteiger partial charge in [0.05, 0.1) is 62.9 Å². The molecule has 5 heterocycles. The van der Waals surface area contributed by atoms with Gasteiger partial charge in [0.2, 0.25) is 0 Å². The Balaban J connectivity index is 1.26. The number of fused-ring (bicyclic) bond motifs is 8. The minimum atomic E-state index is -3.22. The van der Waals surface area contributed by atoms with Gasteiger partial charge in [0.25, 0.3) is 0 Å². The normalized spacial score (nSPS) is 13.5. The second-order valence-electron chi connectivity index (χ2n) is 13.5. The molecule has 0 saturated heterocycles. The van der Waals surface area contributed by atoms with Crippen molar-refractivity contribution < 1.29 is 4.57 Å². The Morgan fingerprint density at radius 1 is 0.415 bits per heavy atom. The van der Waals surface area contributed by atoms with E-state index in [0.717, 1.165) is 88.0 Å². The molecule has 0 amide bonds. The highest BCUT2D eigenvalue weighted by molar-refractivity contribution is 7.86. The topological polar surface area (TPSA) is 56.0 Å². The Kier molecular flexibility index (Phi) is 6.42. The third kappa shape index (κ3) is 4.24. The van der Waals surface area contributed by atoms with E-state index in [2.05, 4.69) is 115 Å². The van der Waals surface area contributed by atoms with Crippen LogP contribution < -0.4 is 20.8 Å². The summed E-state index contributed by atoms with van der Waals surface area (Å²) in [6.45, 7) is 0. The largest absolute Gasteiger partial charge is 0.309 e. The minimum Gasteiger partial charge on any atom is -0.309 e. The molecule has 0 aliphatic carbocycles. The van der Waals surface area contributed by atoms with E-state index in [1.54, 1.807) is 0 Å². The van der Waals surface area contributed by atoms with Gasteiger partial charge in [0, 0.05) is 49.9 Å². The number of nitrogens with zero attached hydrogens (tertiary/aromatic N) is 5. The van der Waals surface area contributed by atoms with E-state index < -0.39 is 7.14 Å². The maximum Gasteiger partial charge on any atom is 0.175 e. The van der Waals surface area contributed by atoms with Crippen LogP contribution in [0.4, 0.5) is 17.1 Å². The minimum absolute atomic E-state index is 0.819. The SMILES string of the molecule is O=P1(c2ccccc2)c2ccccc2N(c2cc(-n3c4ccccc4c4ccncc43)cc(-n3c4ccccc4c4ccncc43)c2)c2ccccc21. The van der Waals surface area contributed by atoms with Crippen molar-refractivity contribution in [1.29, 1.82) is 0 Å². The predicted molar refractivity (Wildman–Crippen MR) is 218 cm³/mol. The lowest BCUT2D eigenvalue weighted by atomic mass is 10.1. The molecule has 10 aromatic rings. The number of hydrogen-bond donors (Lipinski definition) is 0. The van der Waals surface area contributed by atoms with Crippen molar-refractivity contribution in [3.63, 3.8) is 0 Å². The van der Waals surface area contributed by atoms with Crippen LogP contribution in [0, 0.1) is 0 Å². The second-order valence-corrected chi connectivity index (χ2v) is 16.2. The first-order chi connectivity index (χ1) is 26.2. The monoisotopic (exact) mass is 699 g/mol. The molecule has 53 heavy (non-hydrogen) atoms. The summed E-state index contributed by atoms with van der Waals surface area (Å²) < 4.78 is 20.3. The van der Waals surface area contributed by atoms with E-state index in [0.29, 0.717) is 0 Å². The van der Waals surface area contributed by atoms with Gasteiger partial charge >= 0.3 is 0 Å². The van der Waals surface area contributed by atoms with Crippen molar-refractivity contribution in [2.24, 2.45) is 0 Å². The number of benzene rings is 6. The maximum atomic E-state index is 15.7. The summed E-state index contributed by atoms with van der Waals surface area (Å²) in [6, 6.07) is 54.3. The highest BCUT2D eigenvalue weighted by Gasteiger charge is 2.41. The zero-order valence-corrected chi connectivity index (χ0v) is 29.3. The highest BCUT2D eigenvalue weighted by atomic mass is 31.2. The lowest BCUT2D eigenvalue weighted by Crippen LogP contribution is -2.36. The first kappa shape index (κ1) is 29.9. The first-order valence-corrected chi connectivity index (χ1v) is 19.4. The Hall–Kier alpha value is -6.75. The summed E-state index contributed by atoms with van der Waals surface area (Å²) in [5.74, 6) is 0. The fraction of sp³-hybridized carbons (Fsp3) is 0. The summed E-state index contributed by atoms with van der Waals surface area (Å²) in [4.78, 5) is 11.5. The molecule has 11 rings (SSSR count). The fourth-order valence-corrected chi connectivity index (χ4v) is 11.4. The zero-order valence-electron chi connectivity index (χ0n) is 28.4. The van der Waals surface area contributed by atoms with Gasteiger partial charge in [0.15, 0.2) is 7.14 Å². The van der Waals surface area contributed by atoms with E-state index in [1.807, 2.05) is 91.5 Å². The summed E-state index contributed by atoms with van der Waals surface area (Å²) in [5, 5.41) is 7.07. The van der Waals surface area contributed by atoms with Crippen LogP contribution in [0.15, 0.2) is 183 Å². The summed E-state index contributed by atoms with van der Waals surface area (Å²) in [7, 11) is -3.22. The average Bonchev–Trinajstić information content (AvgIpc) is 3.74. The van der Waals surface area contributed by atoms with Crippen LogP contribution >= 0.6 is 7.14 Å². The molecule has 1 aliphatic heterocycles. The summed E-state index contributed by atoms with van der Waals surface area (Å²) >= 11 is 0. The van der Waals surface area contributed by atoms with Crippen molar-refractivity contribution >= 4 is 83.7 Å². The lowest BCUT2D eigenvalue weighted by molar-refractivity contribution is 0.592. The Bertz CT molecular complexity index is 2840. The second kappa shape index (κ2) is 11.4. The molecular weight excluding hydrogens is 670 g/mol. The van der Waals surface area contributed by atoms with E-state index in [9.17, 15) is 0 Å². The van der Waals surface area contributed by atoms with Crippen LogP contribution in [0.1, 0.15) is 0 Å². The van der Waals surface area contributed by atoms with Crippen molar-refractivity contribution in [3.05, 3.63) is 183 Å². The van der Waals surface area contributed by atoms with Crippen LogP contribution in [0.25, 0.3) is 55.0 Å². The molecule has 0 radical (unpaired) electrons. The summed E-state index contributed by atoms with van der Waals surface area (Å²) in [5.41, 5.74) is 8.94. The molecule has 6 aromatic carbocycles. The van der Waals surface area contributed by atoms with Gasteiger partial charge in [0.1, 0.15) is 0 Å². The molecule has 0 fully saturated rings. The van der Waals surface area contributed by atoms with E-state index in [1.165, 1.54) is 0 Å². The average molecular weight is 700 g/mol. The van der Waals surface area contributed by atoms with Gasteiger partial charge < -0.3 is 18.6 Å². The van der Waals surface area contributed by atoms with Crippen LogP contribution in [-0.2, 0) is 4.57 Å². The van der Waals surface area contributed by atoms with Crippen LogP contribution in [0.5, 0.6) is 0 Å². The molecule has 0 N–H and O–H groups in total. The molecule has 1 aliphatic rings. The van der Waals surface area contributed by atoms with E-state index in [4.69, 9.17) is 0 Å². The molecule has 0 bridgehead atoms. The number of anilines is 3. The van der Waals surface area contributed by atoms with E-state index >= 15 is 4.57 Å². The Morgan fingerprint density at radius 2 is 0.849 bits per heavy atom.